The van der Waals surface area contributed by atoms with E-state index in [1.54, 1.807) is 5.57 Å². The third-order valence-corrected chi connectivity index (χ3v) is 14.0. The van der Waals surface area contributed by atoms with Crippen molar-refractivity contribution < 1.29 is 0 Å². The molecule has 5 aliphatic carbocycles. The van der Waals surface area contributed by atoms with Gasteiger partial charge < -0.3 is 9.47 Å². The molecule has 0 radical (unpaired) electrons. The van der Waals surface area contributed by atoms with Crippen LogP contribution in [-0.4, -0.2) is 4.57 Å². The van der Waals surface area contributed by atoms with E-state index in [4.69, 9.17) is 0 Å². The van der Waals surface area contributed by atoms with Crippen LogP contribution in [-0.2, 0) is 5.41 Å². The van der Waals surface area contributed by atoms with Gasteiger partial charge in [0.15, 0.2) is 0 Å². The first kappa shape index (κ1) is 38.3. The summed E-state index contributed by atoms with van der Waals surface area (Å²) >= 11 is 0. The minimum Gasteiger partial charge on any atom is -0.311 e. The third-order valence-electron chi connectivity index (χ3n) is 14.0. The second-order valence-corrected chi connectivity index (χ2v) is 18.7. The summed E-state index contributed by atoms with van der Waals surface area (Å²) in [5.41, 5.74) is 17.3. The number of anilines is 2. The largest absolute Gasteiger partial charge is 0.311 e. The first-order valence-electron chi connectivity index (χ1n) is 22.7. The molecule has 4 unspecified atom stereocenters. The summed E-state index contributed by atoms with van der Waals surface area (Å²) in [6.45, 7) is 6.92. The summed E-state index contributed by atoms with van der Waals surface area (Å²) in [4.78, 5) is 2.45. The van der Waals surface area contributed by atoms with Crippen LogP contribution in [0.3, 0.4) is 0 Å². The zero-order valence-corrected chi connectivity index (χ0v) is 36.1. The zero-order chi connectivity index (χ0) is 41.8. The molecule has 304 valence electrons. The molecule has 0 fully saturated rings. The Balaban J connectivity index is 0.981. The van der Waals surface area contributed by atoms with Gasteiger partial charge in [-0.3, -0.25) is 0 Å². The first-order chi connectivity index (χ1) is 30.4. The molecule has 0 spiro atoms. The first-order valence-corrected chi connectivity index (χ1v) is 22.7. The SMILES string of the molecule is CC(C)(C)c1ccc2c(c1)c1cc(N(C3=CCC(C4=CC5C(=C(c6ccccc6)C6=CC=CCC6C5C5=CC=CCC5)C=C4)C=C3)c3ccccc3)ccc1n2-c1ccccc1. The highest BCUT2D eigenvalue weighted by molar-refractivity contribution is 6.11. The molecule has 0 amide bonds. The lowest BCUT2D eigenvalue weighted by molar-refractivity contribution is 0.357. The molecule has 0 aliphatic heterocycles. The highest BCUT2D eigenvalue weighted by Gasteiger charge is 2.42. The van der Waals surface area contributed by atoms with Crippen molar-refractivity contribution >= 4 is 38.8 Å². The Morgan fingerprint density at radius 1 is 0.661 bits per heavy atom. The Labute approximate surface area is 367 Å². The van der Waals surface area contributed by atoms with E-state index >= 15 is 0 Å². The van der Waals surface area contributed by atoms with Gasteiger partial charge in [-0.05, 0) is 137 Å². The number of hydrogen-bond acceptors (Lipinski definition) is 1. The van der Waals surface area contributed by atoms with Gasteiger partial charge in [-0.1, -0.05) is 166 Å². The maximum Gasteiger partial charge on any atom is 0.0542 e. The highest BCUT2D eigenvalue weighted by atomic mass is 15.1. The molecule has 0 N–H and O–H groups in total. The lowest BCUT2D eigenvalue weighted by Gasteiger charge is -2.45. The van der Waals surface area contributed by atoms with Crippen LogP contribution in [0.1, 0.15) is 57.6 Å². The highest BCUT2D eigenvalue weighted by Crippen LogP contribution is 2.55. The van der Waals surface area contributed by atoms with Crippen LogP contribution in [0.15, 0.2) is 228 Å². The topological polar surface area (TPSA) is 8.17 Å². The molecule has 2 heteroatoms. The van der Waals surface area contributed by atoms with Crippen molar-refractivity contribution in [1.29, 1.82) is 0 Å². The molecule has 2 nitrogen and oxygen atoms in total. The average Bonchev–Trinajstić information content (AvgIpc) is 3.65. The molecule has 4 atom stereocenters. The lowest BCUT2D eigenvalue weighted by atomic mass is 9.59. The van der Waals surface area contributed by atoms with Gasteiger partial charge in [0.05, 0.1) is 11.0 Å². The summed E-state index contributed by atoms with van der Waals surface area (Å²) in [5, 5.41) is 2.55. The molecule has 11 rings (SSSR count). The minimum absolute atomic E-state index is 0.0396. The maximum absolute atomic E-state index is 2.67. The predicted octanol–water partition coefficient (Wildman–Crippen LogP) is 15.7. The predicted molar refractivity (Wildman–Crippen MR) is 263 cm³/mol. The number of aromatic nitrogens is 1. The van der Waals surface area contributed by atoms with Crippen LogP contribution in [0.2, 0.25) is 0 Å². The van der Waals surface area contributed by atoms with Crippen molar-refractivity contribution in [1.82, 2.24) is 4.57 Å². The van der Waals surface area contributed by atoms with Crippen LogP contribution in [0.25, 0.3) is 33.1 Å². The fraction of sp³-hybridized carbons (Fsp3) is 0.200. The Bertz CT molecular complexity index is 2990. The number of rotatable bonds is 7. The Kier molecular flexibility index (Phi) is 9.68. The molecule has 0 bridgehead atoms. The van der Waals surface area contributed by atoms with Crippen LogP contribution in [0, 0.1) is 23.7 Å². The quantitative estimate of drug-likeness (QED) is 0.156. The van der Waals surface area contributed by atoms with E-state index in [-0.39, 0.29) is 5.41 Å². The lowest BCUT2D eigenvalue weighted by Crippen LogP contribution is -2.34. The molecule has 1 heterocycles. The number of benzene rings is 5. The number of hydrogen-bond donors (Lipinski definition) is 0. The summed E-state index contributed by atoms with van der Waals surface area (Å²) in [7, 11) is 0. The monoisotopic (exact) mass is 802 g/mol. The number of nitrogens with zero attached hydrogens (tertiary/aromatic N) is 2. The van der Waals surface area contributed by atoms with Gasteiger partial charge in [0.2, 0.25) is 0 Å². The van der Waals surface area contributed by atoms with Crippen molar-refractivity contribution in [3.8, 4) is 5.69 Å². The summed E-state index contributed by atoms with van der Waals surface area (Å²) in [6.07, 6.45) is 33.4. The van der Waals surface area contributed by atoms with E-state index < -0.39 is 0 Å². The van der Waals surface area contributed by atoms with Gasteiger partial charge in [-0.2, -0.15) is 0 Å². The summed E-state index contributed by atoms with van der Waals surface area (Å²) in [5.74, 6) is 1.56. The molecule has 5 aromatic carbocycles. The molecule has 0 saturated heterocycles. The van der Waals surface area contributed by atoms with E-state index in [0.717, 1.165) is 37.1 Å². The van der Waals surface area contributed by atoms with E-state index in [2.05, 4.69) is 231 Å². The fourth-order valence-electron chi connectivity index (χ4n) is 11.0. The van der Waals surface area contributed by atoms with E-state index in [1.807, 2.05) is 0 Å². The van der Waals surface area contributed by atoms with Crippen LogP contribution < -0.4 is 4.90 Å². The fourth-order valence-corrected chi connectivity index (χ4v) is 11.0. The normalized spacial score (nSPS) is 21.9. The second kappa shape index (κ2) is 15.7. The van der Waals surface area contributed by atoms with Crippen molar-refractivity contribution in [3.05, 3.63) is 239 Å². The molecule has 62 heavy (non-hydrogen) atoms. The van der Waals surface area contributed by atoms with Gasteiger partial charge in [-0.25, -0.2) is 0 Å². The van der Waals surface area contributed by atoms with Crippen molar-refractivity contribution in [2.75, 3.05) is 4.90 Å². The average molecular weight is 803 g/mol. The molecular weight excluding hydrogens is 749 g/mol. The second-order valence-electron chi connectivity index (χ2n) is 18.7. The van der Waals surface area contributed by atoms with E-state index in [9.17, 15) is 0 Å². The Hall–Kier alpha value is -6.64. The van der Waals surface area contributed by atoms with Gasteiger partial charge in [0.1, 0.15) is 0 Å². The molecule has 6 aromatic rings. The minimum atomic E-state index is 0.0396. The van der Waals surface area contributed by atoms with Crippen LogP contribution in [0.5, 0.6) is 0 Å². The molecular formula is C60H54N2. The number of para-hydroxylation sites is 2. The van der Waals surface area contributed by atoms with Gasteiger partial charge in [0, 0.05) is 45.4 Å². The van der Waals surface area contributed by atoms with E-state index in [1.165, 1.54) is 66.6 Å². The third kappa shape index (κ3) is 6.74. The molecule has 5 aliphatic rings. The molecule has 1 aromatic heterocycles. The maximum atomic E-state index is 2.67. The van der Waals surface area contributed by atoms with Crippen LogP contribution >= 0.6 is 0 Å². The number of allylic oxidation sites excluding steroid dienone is 17. The number of fused-ring (bicyclic) bond motifs is 5. The molecule has 0 saturated carbocycles. The van der Waals surface area contributed by atoms with Crippen molar-refractivity contribution in [2.45, 2.75) is 51.9 Å². The van der Waals surface area contributed by atoms with Gasteiger partial charge in [0.25, 0.3) is 0 Å². The zero-order valence-electron chi connectivity index (χ0n) is 36.1. The van der Waals surface area contributed by atoms with E-state index in [0.29, 0.717) is 23.7 Å². The Morgan fingerprint density at radius 2 is 1.39 bits per heavy atom. The van der Waals surface area contributed by atoms with Crippen molar-refractivity contribution in [3.63, 3.8) is 0 Å². The Morgan fingerprint density at radius 3 is 2.11 bits per heavy atom. The van der Waals surface area contributed by atoms with Crippen LogP contribution in [0.4, 0.5) is 11.4 Å². The van der Waals surface area contributed by atoms with Gasteiger partial charge >= 0.3 is 0 Å². The van der Waals surface area contributed by atoms with Crippen molar-refractivity contribution in [2.24, 2.45) is 23.7 Å². The summed E-state index contributed by atoms with van der Waals surface area (Å²) < 4.78 is 2.42. The summed E-state index contributed by atoms with van der Waals surface area (Å²) in [6, 6.07) is 46.9. The van der Waals surface area contributed by atoms with Gasteiger partial charge in [-0.15, -0.1) is 0 Å². The standard InChI is InChI=1S/C60H54N2/c1-60(2,3)45-31-36-56-53(39-45)54-40-49(34-37-57(54)62(56)47-24-14-7-15-25-47)61(46-22-12-6-13-23-46)48-32-28-41(29-33-48)44-30-35-52-55(38-44)59(43-20-10-5-11-21-43)51-27-17-16-26-50(51)58(52)42-18-8-4-9-19-42/h4-10,12-20,22-26,28,30-41,51,55,59H,11,21,27,29H2,1-3H3. The smallest absolute Gasteiger partial charge is 0.0542 e.